The van der Waals surface area contributed by atoms with Crippen LogP contribution in [0.5, 0.6) is 0 Å². The van der Waals surface area contributed by atoms with E-state index >= 15 is 0 Å². The molecule has 0 radical (unpaired) electrons. The van der Waals surface area contributed by atoms with Crippen LogP contribution in [0.4, 0.5) is 0 Å². The van der Waals surface area contributed by atoms with Gasteiger partial charge in [0.1, 0.15) is 0 Å². The summed E-state index contributed by atoms with van der Waals surface area (Å²) < 4.78 is 4.58. The highest BCUT2D eigenvalue weighted by molar-refractivity contribution is 5.76. The topological polar surface area (TPSA) is 105 Å². The fraction of sp³-hybridized carbons (Fsp3) is 0.882. The lowest BCUT2D eigenvalue weighted by Gasteiger charge is -2.34. The number of hydrogen-bond donors (Lipinski definition) is 0. The number of methoxy groups -OCH3 is 1. The van der Waals surface area contributed by atoms with Gasteiger partial charge in [-0.1, -0.05) is 23.2 Å². The first-order chi connectivity index (χ1) is 12.1. The van der Waals surface area contributed by atoms with Crippen molar-refractivity contribution in [3.63, 3.8) is 0 Å². The Morgan fingerprint density at radius 1 is 1.00 bits per heavy atom. The normalized spacial score (nSPS) is 15.2. The average molecular weight is 355 g/mol. The first kappa shape index (κ1) is 21.2. The molecule has 0 N–H and O–H groups in total. The molecule has 25 heavy (non-hydrogen) atoms. The number of nitroso groups, excluding NO2 is 2. The molecule has 1 aliphatic heterocycles. The first-order valence-corrected chi connectivity index (χ1v) is 9.05. The van der Waals surface area contributed by atoms with Gasteiger partial charge in [-0.15, -0.1) is 0 Å². The zero-order chi connectivity index (χ0) is 18.5. The highest BCUT2D eigenvalue weighted by Gasteiger charge is 2.28. The van der Waals surface area contributed by atoms with E-state index < -0.39 is 0 Å². The van der Waals surface area contributed by atoms with Crippen LogP contribution in [0.25, 0.3) is 0 Å². The van der Waals surface area contributed by atoms with E-state index in [2.05, 4.69) is 15.1 Å². The molecule has 1 saturated heterocycles. The number of ether oxygens (including phenoxy) is 1. The van der Waals surface area contributed by atoms with E-state index in [4.69, 9.17) is 0 Å². The summed E-state index contributed by atoms with van der Waals surface area (Å²) in [6.07, 6.45) is 6.01. The maximum atomic E-state index is 12.2. The standard InChI is InChI=1S/C17H29N3O5/c1-25-17(22)7-5-3-2-4-6-16(21)20-10-8-14(9-11-20)15(12-18-23)13-19-24/h14-15H,2-13H2,1H3. The molecule has 8 heteroatoms. The molecular formula is C17H29N3O5. The minimum atomic E-state index is -0.188. The summed E-state index contributed by atoms with van der Waals surface area (Å²) in [6.45, 7) is 1.58. The molecule has 8 nitrogen and oxygen atoms in total. The quantitative estimate of drug-likeness (QED) is 0.304. The van der Waals surface area contributed by atoms with Gasteiger partial charge >= 0.3 is 5.97 Å². The second-order valence-electron chi connectivity index (χ2n) is 6.59. The van der Waals surface area contributed by atoms with Gasteiger partial charge in [0.25, 0.3) is 0 Å². The van der Waals surface area contributed by atoms with Gasteiger partial charge in [0.05, 0.1) is 20.2 Å². The molecular weight excluding hydrogens is 326 g/mol. The van der Waals surface area contributed by atoms with E-state index in [1.54, 1.807) is 0 Å². The second kappa shape index (κ2) is 12.5. The van der Waals surface area contributed by atoms with Crippen molar-refractivity contribution in [1.29, 1.82) is 0 Å². The molecule has 1 fully saturated rings. The number of likely N-dealkylation sites (tertiary alicyclic amines) is 1. The Hall–Kier alpha value is -1.86. The summed E-state index contributed by atoms with van der Waals surface area (Å²) in [5.74, 6) is 0.108. The molecule has 0 spiro atoms. The molecule has 0 bridgehead atoms. The van der Waals surface area contributed by atoms with Crippen molar-refractivity contribution in [2.75, 3.05) is 33.3 Å². The number of carbonyl (C=O) groups is 2. The lowest BCUT2D eigenvalue weighted by Crippen LogP contribution is -2.40. The number of piperidine rings is 1. The molecule has 0 aliphatic carbocycles. The van der Waals surface area contributed by atoms with Crippen LogP contribution in [0, 0.1) is 21.6 Å². The van der Waals surface area contributed by atoms with Crippen molar-refractivity contribution >= 4 is 11.9 Å². The van der Waals surface area contributed by atoms with Crippen LogP contribution < -0.4 is 0 Å². The van der Waals surface area contributed by atoms with E-state index in [1.807, 2.05) is 4.90 Å². The fourth-order valence-electron chi connectivity index (χ4n) is 3.33. The number of hydrogen-bond acceptors (Lipinski definition) is 7. The molecule has 0 aromatic carbocycles. The number of amides is 1. The van der Waals surface area contributed by atoms with Crippen LogP contribution >= 0.6 is 0 Å². The number of unbranched alkanes of at least 4 members (excludes halogenated alkanes) is 3. The van der Waals surface area contributed by atoms with E-state index in [1.165, 1.54) is 7.11 Å². The number of carbonyl (C=O) groups excluding carboxylic acids is 2. The summed E-state index contributed by atoms with van der Waals surface area (Å²) in [7, 11) is 1.39. The first-order valence-electron chi connectivity index (χ1n) is 9.05. The summed E-state index contributed by atoms with van der Waals surface area (Å²) >= 11 is 0. The molecule has 1 rings (SSSR count). The number of esters is 1. The van der Waals surface area contributed by atoms with Crippen molar-refractivity contribution in [2.45, 2.75) is 51.4 Å². The van der Waals surface area contributed by atoms with Crippen molar-refractivity contribution in [3.05, 3.63) is 9.81 Å². The van der Waals surface area contributed by atoms with Crippen LogP contribution in [-0.2, 0) is 14.3 Å². The molecule has 1 heterocycles. The molecule has 1 amide bonds. The zero-order valence-electron chi connectivity index (χ0n) is 15.0. The van der Waals surface area contributed by atoms with Gasteiger partial charge in [0.15, 0.2) is 0 Å². The van der Waals surface area contributed by atoms with Gasteiger partial charge in [0.2, 0.25) is 5.91 Å². The third kappa shape index (κ3) is 8.18. The van der Waals surface area contributed by atoms with Crippen LogP contribution in [-0.4, -0.2) is 50.1 Å². The van der Waals surface area contributed by atoms with E-state index in [9.17, 15) is 19.4 Å². The molecule has 0 aromatic heterocycles. The van der Waals surface area contributed by atoms with Crippen LogP contribution in [0.3, 0.4) is 0 Å². The molecule has 0 saturated carbocycles. The number of nitrogens with zero attached hydrogens (tertiary/aromatic N) is 3. The second-order valence-corrected chi connectivity index (χ2v) is 6.59. The van der Waals surface area contributed by atoms with Crippen LogP contribution in [0.2, 0.25) is 0 Å². The maximum Gasteiger partial charge on any atom is 0.305 e. The predicted molar refractivity (Wildman–Crippen MR) is 93.8 cm³/mol. The summed E-state index contributed by atoms with van der Waals surface area (Å²) in [6, 6.07) is 0. The van der Waals surface area contributed by atoms with Gasteiger partial charge in [0, 0.05) is 31.8 Å². The lowest BCUT2D eigenvalue weighted by molar-refractivity contribution is -0.140. The van der Waals surface area contributed by atoms with Crippen LogP contribution in [0.15, 0.2) is 10.4 Å². The summed E-state index contributed by atoms with van der Waals surface area (Å²) in [5.41, 5.74) is 0. The summed E-state index contributed by atoms with van der Waals surface area (Å²) in [5, 5.41) is 5.81. The average Bonchev–Trinajstić information content (AvgIpc) is 2.64. The fourth-order valence-corrected chi connectivity index (χ4v) is 3.33. The van der Waals surface area contributed by atoms with Crippen LogP contribution in [0.1, 0.15) is 51.4 Å². The maximum absolute atomic E-state index is 12.2. The summed E-state index contributed by atoms with van der Waals surface area (Å²) in [4.78, 5) is 46.0. The minimum Gasteiger partial charge on any atom is -0.469 e. The SMILES string of the molecule is COC(=O)CCCCCCC(=O)N1CCC(C(CN=O)CN=O)CC1. The van der Waals surface area contributed by atoms with E-state index in [0.29, 0.717) is 25.9 Å². The van der Waals surface area contributed by atoms with Gasteiger partial charge in [-0.2, -0.15) is 9.81 Å². The Labute approximate surface area is 148 Å². The van der Waals surface area contributed by atoms with Crippen molar-refractivity contribution in [1.82, 2.24) is 4.90 Å². The third-order valence-corrected chi connectivity index (χ3v) is 4.93. The Bertz CT molecular complexity index is 426. The molecule has 0 aromatic rings. The highest BCUT2D eigenvalue weighted by Crippen LogP contribution is 2.26. The lowest BCUT2D eigenvalue weighted by atomic mass is 9.84. The molecule has 0 atom stereocenters. The smallest absolute Gasteiger partial charge is 0.305 e. The van der Waals surface area contributed by atoms with Crippen molar-refractivity contribution < 1.29 is 14.3 Å². The van der Waals surface area contributed by atoms with E-state index in [0.717, 1.165) is 38.5 Å². The third-order valence-electron chi connectivity index (χ3n) is 4.93. The Kier molecular flexibility index (Phi) is 10.6. The van der Waals surface area contributed by atoms with Crippen molar-refractivity contribution in [3.8, 4) is 0 Å². The van der Waals surface area contributed by atoms with Gasteiger partial charge in [-0.05, 0) is 31.6 Å². The van der Waals surface area contributed by atoms with Crippen molar-refractivity contribution in [2.24, 2.45) is 22.2 Å². The highest BCUT2D eigenvalue weighted by atomic mass is 16.5. The number of rotatable bonds is 12. The molecule has 0 unspecified atom stereocenters. The Morgan fingerprint density at radius 3 is 2.08 bits per heavy atom. The Balaban J connectivity index is 2.19. The van der Waals surface area contributed by atoms with Gasteiger partial charge in [-0.25, -0.2) is 0 Å². The molecule has 1 aliphatic rings. The zero-order valence-corrected chi connectivity index (χ0v) is 15.0. The predicted octanol–water partition coefficient (Wildman–Crippen LogP) is 2.89. The molecule has 142 valence electrons. The largest absolute Gasteiger partial charge is 0.469 e. The van der Waals surface area contributed by atoms with E-state index in [-0.39, 0.29) is 36.8 Å². The Morgan fingerprint density at radius 2 is 1.56 bits per heavy atom. The van der Waals surface area contributed by atoms with Gasteiger partial charge < -0.3 is 9.64 Å². The van der Waals surface area contributed by atoms with Gasteiger partial charge in [-0.3, -0.25) is 9.59 Å². The monoisotopic (exact) mass is 355 g/mol. The minimum absolute atomic E-state index is 0.0953.